The quantitative estimate of drug-likeness (QED) is 0.708. The molecule has 0 spiro atoms. The maximum absolute atomic E-state index is 11.0. The Balaban J connectivity index is 2.38. The second-order valence-corrected chi connectivity index (χ2v) is 4.44. The van der Waals surface area contributed by atoms with Gasteiger partial charge in [0.05, 0.1) is 6.61 Å². The minimum absolute atomic E-state index is 0.0544. The van der Waals surface area contributed by atoms with Gasteiger partial charge in [0.25, 0.3) is 0 Å². The maximum Gasteiger partial charge on any atom is 0.219 e. The largest absolute Gasteiger partial charge is 0.494 e. The van der Waals surface area contributed by atoms with Crippen LogP contribution < -0.4 is 15.4 Å². The number of hydrogen-bond acceptors (Lipinski definition) is 3. The van der Waals surface area contributed by atoms with Crippen molar-refractivity contribution in [3.63, 3.8) is 0 Å². The maximum atomic E-state index is 11.0. The SMILES string of the molecule is CCC(NC)c1ccc(OCCCC(=O)NC)cc1. The lowest BCUT2D eigenvalue weighted by atomic mass is 10.0. The number of benzene rings is 1. The molecule has 2 N–H and O–H groups in total. The Hall–Kier alpha value is -1.55. The molecule has 0 bridgehead atoms. The zero-order chi connectivity index (χ0) is 14.1. The first-order chi connectivity index (χ1) is 9.21. The number of carbonyl (C=O) groups excluding carboxylic acids is 1. The molecule has 106 valence electrons. The van der Waals surface area contributed by atoms with Gasteiger partial charge >= 0.3 is 0 Å². The Morgan fingerprint density at radius 1 is 1.26 bits per heavy atom. The van der Waals surface area contributed by atoms with E-state index in [4.69, 9.17) is 4.74 Å². The fourth-order valence-electron chi connectivity index (χ4n) is 1.95. The summed E-state index contributed by atoms with van der Waals surface area (Å²) >= 11 is 0. The van der Waals surface area contributed by atoms with E-state index in [0.717, 1.165) is 18.6 Å². The van der Waals surface area contributed by atoms with Crippen LogP contribution >= 0.6 is 0 Å². The molecule has 0 heterocycles. The Bertz CT molecular complexity index is 372. The second-order valence-electron chi connectivity index (χ2n) is 4.44. The molecule has 19 heavy (non-hydrogen) atoms. The van der Waals surface area contributed by atoms with Crippen molar-refractivity contribution in [3.05, 3.63) is 29.8 Å². The Morgan fingerprint density at radius 3 is 2.47 bits per heavy atom. The number of carbonyl (C=O) groups is 1. The Morgan fingerprint density at radius 2 is 1.95 bits per heavy atom. The smallest absolute Gasteiger partial charge is 0.219 e. The molecule has 1 aromatic carbocycles. The third kappa shape index (κ3) is 5.30. The van der Waals surface area contributed by atoms with Gasteiger partial charge in [0.15, 0.2) is 0 Å². The highest BCUT2D eigenvalue weighted by Crippen LogP contribution is 2.19. The van der Waals surface area contributed by atoms with E-state index < -0.39 is 0 Å². The summed E-state index contributed by atoms with van der Waals surface area (Å²) in [7, 11) is 3.62. The summed E-state index contributed by atoms with van der Waals surface area (Å²) in [5.74, 6) is 0.908. The van der Waals surface area contributed by atoms with E-state index in [2.05, 4.69) is 29.7 Å². The lowest BCUT2D eigenvalue weighted by molar-refractivity contribution is -0.120. The number of amides is 1. The first-order valence-corrected chi connectivity index (χ1v) is 6.81. The summed E-state index contributed by atoms with van der Waals surface area (Å²) in [6.45, 7) is 2.72. The van der Waals surface area contributed by atoms with Crippen LogP contribution in [0.15, 0.2) is 24.3 Å². The van der Waals surface area contributed by atoms with Gasteiger partial charge in [-0.2, -0.15) is 0 Å². The van der Waals surface area contributed by atoms with Crippen molar-refractivity contribution >= 4 is 5.91 Å². The topological polar surface area (TPSA) is 50.4 Å². The average molecular weight is 264 g/mol. The minimum atomic E-state index is 0.0544. The van der Waals surface area contributed by atoms with Crippen LogP contribution in [0.2, 0.25) is 0 Å². The average Bonchev–Trinajstić information content (AvgIpc) is 2.46. The monoisotopic (exact) mass is 264 g/mol. The van der Waals surface area contributed by atoms with Gasteiger partial charge in [-0.1, -0.05) is 19.1 Å². The van der Waals surface area contributed by atoms with E-state index in [9.17, 15) is 4.79 Å². The molecule has 0 fully saturated rings. The van der Waals surface area contributed by atoms with Crippen molar-refractivity contribution in [2.45, 2.75) is 32.2 Å². The van der Waals surface area contributed by atoms with Gasteiger partial charge in [-0.05, 0) is 37.6 Å². The highest BCUT2D eigenvalue weighted by Gasteiger charge is 2.06. The van der Waals surface area contributed by atoms with Gasteiger partial charge in [0.2, 0.25) is 5.91 Å². The zero-order valence-electron chi connectivity index (χ0n) is 12.0. The first kappa shape index (κ1) is 15.5. The molecule has 1 atom stereocenters. The van der Waals surface area contributed by atoms with E-state index in [1.165, 1.54) is 5.56 Å². The summed E-state index contributed by atoms with van der Waals surface area (Å²) in [6, 6.07) is 8.52. The molecule has 1 unspecified atom stereocenters. The molecule has 0 aliphatic rings. The molecule has 0 radical (unpaired) electrons. The van der Waals surface area contributed by atoms with Crippen molar-refractivity contribution in [1.29, 1.82) is 0 Å². The molecule has 0 aromatic heterocycles. The zero-order valence-corrected chi connectivity index (χ0v) is 12.0. The van der Waals surface area contributed by atoms with Gasteiger partial charge in [-0.25, -0.2) is 0 Å². The van der Waals surface area contributed by atoms with Crippen molar-refractivity contribution in [2.24, 2.45) is 0 Å². The van der Waals surface area contributed by atoms with Crippen LogP contribution in [-0.2, 0) is 4.79 Å². The van der Waals surface area contributed by atoms with Crippen molar-refractivity contribution in [1.82, 2.24) is 10.6 Å². The van der Waals surface area contributed by atoms with Crippen molar-refractivity contribution in [3.8, 4) is 5.75 Å². The van der Waals surface area contributed by atoms with Crippen LogP contribution in [0.1, 0.15) is 37.8 Å². The fourth-order valence-corrected chi connectivity index (χ4v) is 1.95. The molecule has 4 heteroatoms. The number of nitrogens with one attached hydrogen (secondary N) is 2. The van der Waals surface area contributed by atoms with Gasteiger partial charge in [0.1, 0.15) is 5.75 Å². The number of hydrogen-bond donors (Lipinski definition) is 2. The third-order valence-corrected chi connectivity index (χ3v) is 3.13. The summed E-state index contributed by atoms with van der Waals surface area (Å²) in [5, 5.41) is 5.87. The molecule has 1 aromatic rings. The highest BCUT2D eigenvalue weighted by atomic mass is 16.5. The molecule has 0 saturated carbocycles. The second kappa shape index (κ2) is 8.53. The van der Waals surface area contributed by atoms with Gasteiger partial charge < -0.3 is 15.4 Å². The lowest BCUT2D eigenvalue weighted by Gasteiger charge is -2.14. The molecular weight excluding hydrogens is 240 g/mol. The minimum Gasteiger partial charge on any atom is -0.494 e. The molecule has 0 aliphatic carbocycles. The van der Waals surface area contributed by atoms with E-state index in [1.807, 2.05) is 19.2 Å². The van der Waals surface area contributed by atoms with E-state index in [-0.39, 0.29) is 5.91 Å². The summed E-state index contributed by atoms with van der Waals surface area (Å²) in [6.07, 6.45) is 2.30. The van der Waals surface area contributed by atoms with Gasteiger partial charge in [0, 0.05) is 19.5 Å². The molecule has 1 amide bonds. The molecule has 1 rings (SSSR count). The van der Waals surface area contributed by atoms with Crippen LogP contribution in [0, 0.1) is 0 Å². The van der Waals surface area contributed by atoms with Crippen LogP contribution in [0.25, 0.3) is 0 Å². The number of rotatable bonds is 8. The van der Waals surface area contributed by atoms with Crippen LogP contribution in [0.4, 0.5) is 0 Å². The molecule has 0 aliphatic heterocycles. The predicted octanol–water partition coefficient (Wildman–Crippen LogP) is 2.26. The van der Waals surface area contributed by atoms with Gasteiger partial charge in [-0.15, -0.1) is 0 Å². The van der Waals surface area contributed by atoms with E-state index >= 15 is 0 Å². The van der Waals surface area contributed by atoms with Crippen LogP contribution in [-0.4, -0.2) is 26.6 Å². The van der Waals surface area contributed by atoms with Crippen molar-refractivity contribution < 1.29 is 9.53 Å². The van der Waals surface area contributed by atoms with Crippen molar-refractivity contribution in [2.75, 3.05) is 20.7 Å². The summed E-state index contributed by atoms with van der Waals surface area (Å²) in [5.41, 5.74) is 1.27. The van der Waals surface area contributed by atoms with Crippen LogP contribution in [0.5, 0.6) is 5.75 Å². The summed E-state index contributed by atoms with van der Waals surface area (Å²) in [4.78, 5) is 11.0. The molecular formula is C15H24N2O2. The highest BCUT2D eigenvalue weighted by molar-refractivity contribution is 5.75. The third-order valence-electron chi connectivity index (χ3n) is 3.13. The molecule has 0 saturated heterocycles. The molecule has 4 nitrogen and oxygen atoms in total. The van der Waals surface area contributed by atoms with Crippen LogP contribution in [0.3, 0.4) is 0 Å². The Kier molecular flexibility index (Phi) is 6.97. The number of ether oxygens (including phenoxy) is 1. The van der Waals surface area contributed by atoms with Gasteiger partial charge in [-0.3, -0.25) is 4.79 Å². The first-order valence-electron chi connectivity index (χ1n) is 6.81. The summed E-state index contributed by atoms with van der Waals surface area (Å²) < 4.78 is 5.60. The predicted molar refractivity (Wildman–Crippen MR) is 77.3 cm³/mol. The standard InChI is InChI=1S/C15H24N2O2/c1-4-14(16-2)12-7-9-13(10-8-12)19-11-5-6-15(18)17-3/h7-10,14,16H,4-6,11H2,1-3H3,(H,17,18). The van der Waals surface area contributed by atoms with E-state index in [1.54, 1.807) is 7.05 Å². The normalized spacial score (nSPS) is 11.9. The Labute approximate surface area is 115 Å². The fraction of sp³-hybridized carbons (Fsp3) is 0.533. The lowest BCUT2D eigenvalue weighted by Crippen LogP contribution is -2.18. The van der Waals surface area contributed by atoms with E-state index in [0.29, 0.717) is 19.1 Å².